The molecule has 0 spiro atoms. The molecule has 0 aromatic heterocycles. The van der Waals surface area contributed by atoms with Crippen LogP contribution in [0.1, 0.15) is 34.0 Å². The fourth-order valence-corrected chi connectivity index (χ4v) is 3.92. The van der Waals surface area contributed by atoms with E-state index >= 15 is 0 Å². The number of benzene rings is 2. The van der Waals surface area contributed by atoms with Crippen molar-refractivity contribution in [2.75, 3.05) is 5.75 Å². The monoisotopic (exact) mass is 405 g/mol. The molecule has 26 heavy (non-hydrogen) atoms. The molecule has 0 fully saturated rings. The highest BCUT2D eigenvalue weighted by molar-refractivity contribution is 7.91. The molecule has 4 nitrogen and oxygen atoms in total. The third kappa shape index (κ3) is 4.19. The Hall–Kier alpha value is -2.06. The molecule has 0 saturated heterocycles. The highest BCUT2D eigenvalue weighted by atomic mass is 35.5. The number of halogens is 4. The van der Waals surface area contributed by atoms with E-state index in [1.807, 2.05) is 0 Å². The van der Waals surface area contributed by atoms with Crippen molar-refractivity contribution in [3.05, 3.63) is 63.7 Å². The third-order valence-corrected chi connectivity index (χ3v) is 5.92. The number of hydrogen-bond donors (Lipinski definition) is 1. The molecule has 0 unspecified atom stereocenters. The average molecular weight is 406 g/mol. The Bertz CT molecular complexity index is 956. The van der Waals surface area contributed by atoms with Gasteiger partial charge in [0.25, 0.3) is 0 Å². The van der Waals surface area contributed by atoms with Crippen LogP contribution in [-0.4, -0.2) is 20.1 Å². The van der Waals surface area contributed by atoms with Gasteiger partial charge in [0.1, 0.15) is 0 Å². The molecule has 1 amide bonds. The van der Waals surface area contributed by atoms with E-state index in [-0.39, 0.29) is 32.4 Å². The second-order valence-electron chi connectivity index (χ2n) is 5.53. The van der Waals surface area contributed by atoms with Gasteiger partial charge in [0.05, 0.1) is 16.2 Å². The van der Waals surface area contributed by atoms with Crippen LogP contribution in [0.3, 0.4) is 0 Å². The van der Waals surface area contributed by atoms with Gasteiger partial charge in [-0.2, -0.15) is 13.2 Å². The van der Waals surface area contributed by atoms with Crippen LogP contribution in [-0.2, 0) is 22.4 Å². The molecule has 0 aliphatic rings. The summed E-state index contributed by atoms with van der Waals surface area (Å²) in [7, 11) is -3.70. The maximum atomic E-state index is 13.4. The first-order chi connectivity index (χ1) is 12.0. The van der Waals surface area contributed by atoms with E-state index in [2.05, 4.69) is 0 Å². The molecule has 140 valence electrons. The van der Waals surface area contributed by atoms with Crippen LogP contribution in [0.25, 0.3) is 0 Å². The highest BCUT2D eigenvalue weighted by Gasteiger charge is 2.35. The summed E-state index contributed by atoms with van der Waals surface area (Å²) >= 11 is 5.90. The van der Waals surface area contributed by atoms with Gasteiger partial charge in [0.2, 0.25) is 5.91 Å². The molecule has 2 aromatic carbocycles. The minimum absolute atomic E-state index is 0.0681. The van der Waals surface area contributed by atoms with E-state index < -0.39 is 33.9 Å². The number of amides is 1. The number of carbonyl (C=O) groups excluding carboxylic acids is 1. The van der Waals surface area contributed by atoms with Crippen LogP contribution in [0.2, 0.25) is 5.02 Å². The molecule has 0 aliphatic heterocycles. The van der Waals surface area contributed by atoms with Gasteiger partial charge in [0, 0.05) is 17.0 Å². The van der Waals surface area contributed by atoms with E-state index in [9.17, 15) is 26.4 Å². The van der Waals surface area contributed by atoms with Crippen molar-refractivity contribution >= 4 is 27.3 Å². The van der Waals surface area contributed by atoms with Crippen LogP contribution in [0.5, 0.6) is 0 Å². The molecule has 0 saturated carbocycles. The van der Waals surface area contributed by atoms with Gasteiger partial charge in [-0.3, -0.25) is 4.79 Å². The van der Waals surface area contributed by atoms with Crippen LogP contribution in [0.15, 0.2) is 41.3 Å². The smallest absolute Gasteiger partial charge is 0.366 e. The lowest BCUT2D eigenvalue weighted by Crippen LogP contribution is -2.19. The lowest BCUT2D eigenvalue weighted by atomic mass is 9.94. The van der Waals surface area contributed by atoms with Crippen molar-refractivity contribution in [1.82, 2.24) is 0 Å². The number of sulfone groups is 1. The minimum Gasteiger partial charge on any atom is -0.366 e. The van der Waals surface area contributed by atoms with Crippen molar-refractivity contribution in [2.24, 2.45) is 5.73 Å². The van der Waals surface area contributed by atoms with Crippen molar-refractivity contribution in [3.8, 4) is 0 Å². The summed E-state index contributed by atoms with van der Waals surface area (Å²) in [4.78, 5) is 11.5. The van der Waals surface area contributed by atoms with Crippen molar-refractivity contribution in [1.29, 1.82) is 0 Å². The molecular weight excluding hydrogens is 391 g/mol. The number of nitrogens with two attached hydrogens (primary N) is 1. The van der Waals surface area contributed by atoms with E-state index in [1.54, 1.807) is 0 Å². The minimum atomic E-state index is -4.73. The van der Waals surface area contributed by atoms with Crippen LogP contribution < -0.4 is 5.73 Å². The topological polar surface area (TPSA) is 77.2 Å². The lowest BCUT2D eigenvalue weighted by molar-refractivity contribution is -0.138. The zero-order valence-corrected chi connectivity index (χ0v) is 15.2. The first kappa shape index (κ1) is 20.3. The summed E-state index contributed by atoms with van der Waals surface area (Å²) < 4.78 is 64.7. The zero-order chi connectivity index (χ0) is 19.7. The second-order valence-corrected chi connectivity index (χ2v) is 8.21. The van der Waals surface area contributed by atoms with Gasteiger partial charge in [-0.05, 0) is 41.5 Å². The average Bonchev–Trinajstić information content (AvgIpc) is 2.53. The van der Waals surface area contributed by atoms with E-state index in [0.717, 1.165) is 12.1 Å². The first-order valence-corrected chi connectivity index (χ1v) is 9.50. The normalized spacial score (nSPS) is 12.2. The molecule has 0 bridgehead atoms. The quantitative estimate of drug-likeness (QED) is 0.820. The predicted octanol–water partition coefficient (Wildman–Crippen LogP) is 3.84. The zero-order valence-electron chi connectivity index (χ0n) is 13.6. The second kappa shape index (κ2) is 7.28. The Morgan fingerprint density at radius 2 is 1.85 bits per heavy atom. The molecule has 0 atom stereocenters. The fourth-order valence-electron chi connectivity index (χ4n) is 2.61. The molecule has 0 heterocycles. The number of carbonyl (C=O) groups is 1. The predicted molar refractivity (Wildman–Crippen MR) is 91.9 cm³/mol. The Morgan fingerprint density at radius 3 is 2.38 bits per heavy atom. The summed E-state index contributed by atoms with van der Waals surface area (Å²) in [6.45, 7) is 1.42. The summed E-state index contributed by atoms with van der Waals surface area (Å²) in [5.41, 5.74) is 3.52. The highest BCUT2D eigenvalue weighted by Crippen LogP contribution is 2.35. The summed E-state index contributed by atoms with van der Waals surface area (Å²) in [5.74, 6) is -1.27. The van der Waals surface area contributed by atoms with E-state index in [1.165, 1.54) is 31.2 Å². The lowest BCUT2D eigenvalue weighted by Gasteiger charge is -2.17. The van der Waals surface area contributed by atoms with Gasteiger partial charge in [-0.1, -0.05) is 24.6 Å². The van der Waals surface area contributed by atoms with Gasteiger partial charge in [-0.15, -0.1) is 0 Å². The molecule has 9 heteroatoms. The van der Waals surface area contributed by atoms with Crippen molar-refractivity contribution in [3.63, 3.8) is 0 Å². The number of primary amides is 1. The van der Waals surface area contributed by atoms with E-state index in [0.29, 0.717) is 0 Å². The Labute approximate surface area is 153 Å². The maximum Gasteiger partial charge on any atom is 0.416 e. The molecule has 2 rings (SSSR count). The van der Waals surface area contributed by atoms with Crippen LogP contribution >= 0.6 is 11.6 Å². The molecule has 0 radical (unpaired) electrons. The largest absolute Gasteiger partial charge is 0.416 e. The molecular formula is C17H15ClF3NO3S. The van der Waals surface area contributed by atoms with Gasteiger partial charge < -0.3 is 5.73 Å². The van der Waals surface area contributed by atoms with Gasteiger partial charge >= 0.3 is 6.18 Å². The molecule has 2 aromatic rings. The SMILES string of the molecule is CCS(=O)(=O)c1ccc(Cl)cc1Cc1c(C(N)=O)cccc1C(F)(F)F. The van der Waals surface area contributed by atoms with Crippen LogP contribution in [0, 0.1) is 0 Å². The Morgan fingerprint density at radius 1 is 1.19 bits per heavy atom. The number of alkyl halides is 3. The Balaban J connectivity index is 2.74. The number of rotatable bonds is 5. The Kier molecular flexibility index (Phi) is 5.67. The van der Waals surface area contributed by atoms with Crippen LogP contribution in [0.4, 0.5) is 13.2 Å². The molecule has 2 N–H and O–H groups in total. The summed E-state index contributed by atoms with van der Waals surface area (Å²) in [6, 6.07) is 6.94. The van der Waals surface area contributed by atoms with Crippen molar-refractivity contribution in [2.45, 2.75) is 24.4 Å². The number of hydrogen-bond acceptors (Lipinski definition) is 3. The maximum absolute atomic E-state index is 13.4. The summed E-state index contributed by atoms with van der Waals surface area (Å²) in [6.07, 6.45) is -5.19. The van der Waals surface area contributed by atoms with Gasteiger partial charge in [-0.25, -0.2) is 8.42 Å². The fraction of sp³-hybridized carbons (Fsp3) is 0.235. The third-order valence-electron chi connectivity index (χ3n) is 3.85. The summed E-state index contributed by atoms with van der Waals surface area (Å²) in [5, 5.41) is 0.167. The van der Waals surface area contributed by atoms with E-state index in [4.69, 9.17) is 17.3 Å². The van der Waals surface area contributed by atoms with Gasteiger partial charge in [0.15, 0.2) is 9.84 Å². The van der Waals surface area contributed by atoms with Crippen molar-refractivity contribution < 1.29 is 26.4 Å². The molecule has 0 aliphatic carbocycles. The first-order valence-electron chi connectivity index (χ1n) is 7.47. The standard InChI is InChI=1S/C17H15ClF3NO3S/c1-2-26(24,25)15-7-6-11(18)8-10(15)9-13-12(16(22)23)4-3-5-14(13)17(19,20)21/h3-8H,2,9H2,1H3,(H2,22,23).